The standard InChI is InChI=1S/C18H22N4O3S/c1-13-11-19-21(12-14-6-7-14)17(13)20-18(23)15-4-2-5-16(10-15)22-8-3-9-26(22,24)25/h2,4-5,10-11,14H,3,6-9,12H2,1H3,(H,20,23). The number of carbonyl (C=O) groups excluding carboxylic acids is 1. The highest BCUT2D eigenvalue weighted by Gasteiger charge is 2.29. The van der Waals surface area contributed by atoms with E-state index < -0.39 is 10.0 Å². The van der Waals surface area contributed by atoms with E-state index in [-0.39, 0.29) is 11.7 Å². The van der Waals surface area contributed by atoms with E-state index >= 15 is 0 Å². The second-order valence-electron chi connectivity index (χ2n) is 7.05. The molecular weight excluding hydrogens is 352 g/mol. The van der Waals surface area contributed by atoms with Gasteiger partial charge in [-0.1, -0.05) is 6.07 Å². The van der Waals surface area contributed by atoms with Gasteiger partial charge in [0.25, 0.3) is 5.91 Å². The van der Waals surface area contributed by atoms with Gasteiger partial charge < -0.3 is 5.32 Å². The number of carbonyl (C=O) groups is 1. The lowest BCUT2D eigenvalue weighted by Crippen LogP contribution is -2.25. The maximum atomic E-state index is 12.7. The van der Waals surface area contributed by atoms with Gasteiger partial charge in [0.1, 0.15) is 5.82 Å². The van der Waals surface area contributed by atoms with E-state index in [1.807, 2.05) is 11.6 Å². The van der Waals surface area contributed by atoms with Crippen LogP contribution in [0.2, 0.25) is 0 Å². The zero-order valence-corrected chi connectivity index (χ0v) is 15.5. The minimum Gasteiger partial charge on any atom is -0.307 e. The van der Waals surface area contributed by atoms with E-state index in [2.05, 4.69) is 10.4 Å². The minimum absolute atomic E-state index is 0.156. The second-order valence-corrected chi connectivity index (χ2v) is 9.06. The van der Waals surface area contributed by atoms with E-state index in [0.29, 0.717) is 36.0 Å². The highest BCUT2D eigenvalue weighted by molar-refractivity contribution is 7.93. The summed E-state index contributed by atoms with van der Waals surface area (Å²) in [5, 5.41) is 7.30. The Labute approximate surface area is 153 Å². The summed E-state index contributed by atoms with van der Waals surface area (Å²) in [4.78, 5) is 12.7. The molecule has 1 aromatic carbocycles. The van der Waals surface area contributed by atoms with Crippen LogP contribution in [-0.4, -0.2) is 36.4 Å². The molecular formula is C18H22N4O3S. The number of aromatic nitrogens is 2. The number of benzene rings is 1. The minimum atomic E-state index is -3.26. The van der Waals surface area contributed by atoms with Gasteiger partial charge >= 0.3 is 0 Å². The molecule has 1 amide bonds. The molecule has 0 unspecified atom stereocenters. The Morgan fingerprint density at radius 1 is 1.35 bits per heavy atom. The first-order valence-electron chi connectivity index (χ1n) is 8.88. The quantitative estimate of drug-likeness (QED) is 0.871. The van der Waals surface area contributed by atoms with Crippen LogP contribution < -0.4 is 9.62 Å². The Kier molecular flexibility index (Phi) is 4.22. The average molecular weight is 374 g/mol. The summed E-state index contributed by atoms with van der Waals surface area (Å²) in [6.07, 6.45) is 4.78. The molecule has 0 radical (unpaired) electrons. The Hall–Kier alpha value is -2.35. The van der Waals surface area contributed by atoms with Gasteiger partial charge in [-0.05, 0) is 50.3 Å². The molecule has 2 fully saturated rings. The summed E-state index contributed by atoms with van der Waals surface area (Å²) in [6.45, 7) is 3.19. The van der Waals surface area contributed by atoms with Gasteiger partial charge in [-0.15, -0.1) is 0 Å². The predicted molar refractivity (Wildman–Crippen MR) is 99.8 cm³/mol. The first-order valence-corrected chi connectivity index (χ1v) is 10.5. The van der Waals surface area contributed by atoms with Crippen LogP contribution in [0.3, 0.4) is 0 Å². The number of aryl methyl sites for hydroxylation is 1. The molecule has 26 heavy (non-hydrogen) atoms. The number of sulfonamides is 1. The molecule has 7 nitrogen and oxygen atoms in total. The fourth-order valence-corrected chi connectivity index (χ4v) is 4.79. The monoisotopic (exact) mass is 374 g/mol. The van der Waals surface area contributed by atoms with Crippen LogP contribution in [0.4, 0.5) is 11.5 Å². The number of anilines is 2. The van der Waals surface area contributed by atoms with Crippen molar-refractivity contribution in [2.75, 3.05) is 21.9 Å². The van der Waals surface area contributed by atoms with Gasteiger partial charge in [-0.3, -0.25) is 9.10 Å². The lowest BCUT2D eigenvalue weighted by Gasteiger charge is -2.17. The van der Waals surface area contributed by atoms with Crippen molar-refractivity contribution in [1.82, 2.24) is 9.78 Å². The molecule has 138 valence electrons. The van der Waals surface area contributed by atoms with Crippen LogP contribution in [0.5, 0.6) is 0 Å². The van der Waals surface area contributed by atoms with Crippen LogP contribution in [0.1, 0.15) is 35.2 Å². The van der Waals surface area contributed by atoms with Crippen molar-refractivity contribution in [2.45, 2.75) is 32.7 Å². The molecule has 1 saturated carbocycles. The maximum Gasteiger partial charge on any atom is 0.256 e. The summed E-state index contributed by atoms with van der Waals surface area (Å²) in [6, 6.07) is 6.77. The highest BCUT2D eigenvalue weighted by atomic mass is 32.2. The first kappa shape index (κ1) is 17.1. The number of hydrogen-bond donors (Lipinski definition) is 1. The van der Waals surface area contributed by atoms with Crippen molar-refractivity contribution in [1.29, 1.82) is 0 Å². The molecule has 2 aliphatic rings. The predicted octanol–water partition coefficient (Wildman–Crippen LogP) is 2.39. The normalized spacial score (nSPS) is 18.9. The van der Waals surface area contributed by atoms with E-state index in [1.54, 1.807) is 30.5 Å². The maximum absolute atomic E-state index is 12.7. The van der Waals surface area contributed by atoms with E-state index in [9.17, 15) is 13.2 Å². The molecule has 1 N–H and O–H groups in total. The molecule has 0 bridgehead atoms. The van der Waals surface area contributed by atoms with Crippen LogP contribution >= 0.6 is 0 Å². The fourth-order valence-electron chi connectivity index (χ4n) is 3.24. The Morgan fingerprint density at radius 2 is 2.15 bits per heavy atom. The van der Waals surface area contributed by atoms with Crippen LogP contribution in [0.15, 0.2) is 30.5 Å². The SMILES string of the molecule is Cc1cnn(CC2CC2)c1NC(=O)c1cccc(N2CCCS2(=O)=O)c1. The van der Waals surface area contributed by atoms with Gasteiger partial charge in [0.15, 0.2) is 0 Å². The zero-order chi connectivity index (χ0) is 18.3. The fraction of sp³-hybridized carbons (Fsp3) is 0.444. The molecule has 2 aromatic rings. The van der Waals surface area contributed by atoms with Crippen molar-refractivity contribution in [3.8, 4) is 0 Å². The molecule has 1 saturated heterocycles. The third-order valence-corrected chi connectivity index (χ3v) is 6.75. The van der Waals surface area contributed by atoms with E-state index in [1.165, 1.54) is 17.1 Å². The van der Waals surface area contributed by atoms with E-state index in [4.69, 9.17) is 0 Å². The number of nitrogens with one attached hydrogen (secondary N) is 1. The van der Waals surface area contributed by atoms with Gasteiger partial charge in [0.2, 0.25) is 10.0 Å². The van der Waals surface area contributed by atoms with Crippen LogP contribution in [-0.2, 0) is 16.6 Å². The molecule has 2 heterocycles. The average Bonchev–Trinajstić information content (AvgIpc) is 3.28. The van der Waals surface area contributed by atoms with Crippen molar-refractivity contribution < 1.29 is 13.2 Å². The smallest absolute Gasteiger partial charge is 0.256 e. The first-order chi connectivity index (χ1) is 12.4. The second kappa shape index (κ2) is 6.42. The number of hydrogen-bond acceptors (Lipinski definition) is 4. The molecule has 1 aromatic heterocycles. The molecule has 0 atom stereocenters. The molecule has 1 aliphatic carbocycles. The van der Waals surface area contributed by atoms with Crippen LogP contribution in [0.25, 0.3) is 0 Å². The van der Waals surface area contributed by atoms with Crippen molar-refractivity contribution >= 4 is 27.4 Å². The third-order valence-electron chi connectivity index (χ3n) is 4.88. The number of nitrogens with zero attached hydrogens (tertiary/aromatic N) is 3. The summed E-state index contributed by atoms with van der Waals surface area (Å²) in [7, 11) is -3.26. The van der Waals surface area contributed by atoms with Crippen molar-refractivity contribution in [2.24, 2.45) is 5.92 Å². The van der Waals surface area contributed by atoms with Gasteiger partial charge in [-0.25, -0.2) is 13.1 Å². The summed E-state index contributed by atoms with van der Waals surface area (Å²) >= 11 is 0. The summed E-state index contributed by atoms with van der Waals surface area (Å²) < 4.78 is 27.5. The summed E-state index contributed by atoms with van der Waals surface area (Å²) in [5.74, 6) is 1.25. The Morgan fingerprint density at radius 3 is 2.85 bits per heavy atom. The lowest BCUT2D eigenvalue weighted by atomic mass is 10.2. The van der Waals surface area contributed by atoms with Gasteiger partial charge in [0, 0.05) is 24.2 Å². The topological polar surface area (TPSA) is 84.3 Å². The van der Waals surface area contributed by atoms with Gasteiger partial charge in [0.05, 0.1) is 17.6 Å². The Bertz CT molecular complexity index is 947. The molecule has 1 aliphatic heterocycles. The number of rotatable bonds is 5. The largest absolute Gasteiger partial charge is 0.307 e. The molecule has 0 spiro atoms. The molecule has 4 rings (SSSR count). The highest BCUT2D eigenvalue weighted by Crippen LogP contribution is 2.32. The van der Waals surface area contributed by atoms with Gasteiger partial charge in [-0.2, -0.15) is 5.10 Å². The van der Waals surface area contributed by atoms with E-state index in [0.717, 1.165) is 12.1 Å². The molecule has 8 heteroatoms. The van der Waals surface area contributed by atoms with Crippen molar-refractivity contribution in [3.63, 3.8) is 0 Å². The van der Waals surface area contributed by atoms with Crippen LogP contribution in [0, 0.1) is 12.8 Å². The Balaban J connectivity index is 1.56. The number of amides is 1. The zero-order valence-electron chi connectivity index (χ0n) is 14.7. The lowest BCUT2D eigenvalue weighted by molar-refractivity contribution is 0.102. The third kappa shape index (κ3) is 3.33. The van der Waals surface area contributed by atoms with Crippen molar-refractivity contribution in [3.05, 3.63) is 41.6 Å². The summed E-state index contributed by atoms with van der Waals surface area (Å²) in [5.41, 5.74) is 1.89.